The second-order valence-corrected chi connectivity index (χ2v) is 7.13. The van der Waals surface area contributed by atoms with E-state index in [9.17, 15) is 4.79 Å². The first-order chi connectivity index (χ1) is 13.7. The third-order valence-corrected chi connectivity index (χ3v) is 4.85. The topological polar surface area (TPSA) is 35.5 Å². The molecule has 146 valence electrons. The van der Waals surface area contributed by atoms with Gasteiger partial charge in [-0.05, 0) is 53.4 Å². The van der Waals surface area contributed by atoms with Crippen LogP contribution in [-0.4, -0.2) is 5.97 Å². The van der Waals surface area contributed by atoms with Crippen LogP contribution in [0.3, 0.4) is 0 Å². The lowest BCUT2D eigenvalue weighted by atomic mass is 10.0. The van der Waals surface area contributed by atoms with Crippen molar-refractivity contribution in [2.24, 2.45) is 0 Å². The van der Waals surface area contributed by atoms with Gasteiger partial charge >= 0.3 is 5.97 Å². The Morgan fingerprint density at radius 3 is 2.46 bits per heavy atom. The summed E-state index contributed by atoms with van der Waals surface area (Å²) < 4.78 is 11.5. The van der Waals surface area contributed by atoms with Crippen molar-refractivity contribution in [1.82, 2.24) is 0 Å². The van der Waals surface area contributed by atoms with Crippen molar-refractivity contribution >= 4 is 16.7 Å². The fourth-order valence-corrected chi connectivity index (χ4v) is 3.17. The van der Waals surface area contributed by atoms with Crippen LogP contribution in [0.1, 0.15) is 56.8 Å². The van der Waals surface area contributed by atoms with Gasteiger partial charge in [0.05, 0.1) is 0 Å². The van der Waals surface area contributed by atoms with Gasteiger partial charge in [-0.3, -0.25) is 4.79 Å². The Morgan fingerprint density at radius 2 is 1.68 bits per heavy atom. The smallest absolute Gasteiger partial charge is 0.306 e. The summed E-state index contributed by atoms with van der Waals surface area (Å²) in [7, 11) is 0. The molecule has 0 aliphatic carbocycles. The molecule has 0 aliphatic heterocycles. The molecule has 3 aromatic carbocycles. The van der Waals surface area contributed by atoms with Crippen molar-refractivity contribution in [2.75, 3.05) is 0 Å². The van der Waals surface area contributed by atoms with Crippen LogP contribution in [0.2, 0.25) is 0 Å². The minimum Gasteiger partial charge on any atom is -0.489 e. The molecule has 0 aromatic heterocycles. The Bertz CT molecular complexity index is 902. The Kier molecular flexibility index (Phi) is 7.07. The van der Waals surface area contributed by atoms with Crippen LogP contribution in [0.5, 0.6) is 5.75 Å². The number of fused-ring (bicyclic) bond motifs is 1. The van der Waals surface area contributed by atoms with Gasteiger partial charge in [0.25, 0.3) is 0 Å². The van der Waals surface area contributed by atoms with Crippen molar-refractivity contribution in [2.45, 2.75) is 52.2 Å². The van der Waals surface area contributed by atoms with E-state index in [0.29, 0.717) is 13.0 Å². The molecule has 0 radical (unpaired) electrons. The van der Waals surface area contributed by atoms with Gasteiger partial charge in [-0.1, -0.05) is 68.3 Å². The molecule has 28 heavy (non-hydrogen) atoms. The van der Waals surface area contributed by atoms with Crippen LogP contribution in [0.4, 0.5) is 0 Å². The molecule has 3 nitrogen and oxygen atoms in total. The van der Waals surface area contributed by atoms with Gasteiger partial charge in [0.1, 0.15) is 18.5 Å². The van der Waals surface area contributed by atoms with Crippen molar-refractivity contribution < 1.29 is 14.3 Å². The van der Waals surface area contributed by atoms with Crippen LogP contribution >= 0.6 is 0 Å². The SMILES string of the molecule is CCCCCC(=O)OC(C)c1ccc2cc(OCc3ccccc3)ccc2c1. The summed E-state index contributed by atoms with van der Waals surface area (Å²) in [6.45, 7) is 4.60. The highest BCUT2D eigenvalue weighted by Gasteiger charge is 2.12. The van der Waals surface area contributed by atoms with Gasteiger partial charge in [-0.25, -0.2) is 0 Å². The Balaban J connectivity index is 1.62. The molecule has 0 fully saturated rings. The van der Waals surface area contributed by atoms with E-state index in [4.69, 9.17) is 9.47 Å². The monoisotopic (exact) mass is 376 g/mol. The van der Waals surface area contributed by atoms with Crippen molar-refractivity contribution in [3.63, 3.8) is 0 Å². The summed E-state index contributed by atoms with van der Waals surface area (Å²) in [5, 5.41) is 2.22. The zero-order chi connectivity index (χ0) is 19.8. The molecule has 0 spiro atoms. The highest BCUT2D eigenvalue weighted by atomic mass is 16.5. The quantitative estimate of drug-likeness (QED) is 0.312. The molecule has 3 rings (SSSR count). The number of esters is 1. The molecule has 0 aliphatic rings. The zero-order valence-electron chi connectivity index (χ0n) is 16.7. The standard InChI is InChI=1S/C25H28O3/c1-3-4-6-11-25(26)28-19(2)21-12-13-23-17-24(15-14-22(23)16-21)27-18-20-9-7-5-8-10-20/h5,7-10,12-17,19H,3-4,6,11,18H2,1-2H3. The van der Waals surface area contributed by atoms with E-state index in [1.807, 2.05) is 43.3 Å². The highest BCUT2D eigenvalue weighted by Crippen LogP contribution is 2.26. The summed E-state index contributed by atoms with van der Waals surface area (Å²) in [6.07, 6.45) is 3.31. The van der Waals surface area contributed by atoms with Crippen LogP contribution < -0.4 is 4.74 Å². The number of unbranched alkanes of at least 4 members (excludes halogenated alkanes) is 2. The molecular weight excluding hydrogens is 348 g/mol. The molecular formula is C25H28O3. The largest absolute Gasteiger partial charge is 0.489 e. The van der Waals surface area contributed by atoms with E-state index >= 15 is 0 Å². The summed E-state index contributed by atoms with van der Waals surface area (Å²) in [5.41, 5.74) is 2.15. The maximum Gasteiger partial charge on any atom is 0.306 e. The number of hydrogen-bond acceptors (Lipinski definition) is 3. The first kappa shape index (κ1) is 19.9. The average Bonchev–Trinajstić information content (AvgIpc) is 2.72. The summed E-state index contributed by atoms with van der Waals surface area (Å²) in [6, 6.07) is 22.4. The lowest BCUT2D eigenvalue weighted by molar-refractivity contribution is -0.148. The summed E-state index contributed by atoms with van der Waals surface area (Å²) in [5.74, 6) is 0.727. The second-order valence-electron chi connectivity index (χ2n) is 7.13. The van der Waals surface area contributed by atoms with E-state index in [1.54, 1.807) is 0 Å². The maximum atomic E-state index is 12.0. The van der Waals surface area contributed by atoms with Crippen LogP contribution in [-0.2, 0) is 16.1 Å². The average molecular weight is 376 g/mol. The number of benzene rings is 3. The molecule has 1 unspecified atom stereocenters. The molecule has 0 saturated carbocycles. The van der Waals surface area contributed by atoms with Gasteiger partial charge in [-0.15, -0.1) is 0 Å². The molecule has 0 saturated heterocycles. The molecule has 1 atom stereocenters. The van der Waals surface area contributed by atoms with E-state index in [2.05, 4.69) is 37.3 Å². The van der Waals surface area contributed by atoms with Crippen molar-refractivity contribution in [3.8, 4) is 5.75 Å². The van der Waals surface area contributed by atoms with Gasteiger partial charge in [-0.2, -0.15) is 0 Å². The Labute approximate surface area is 167 Å². The number of hydrogen-bond donors (Lipinski definition) is 0. The number of carbonyl (C=O) groups excluding carboxylic acids is 1. The lowest BCUT2D eigenvalue weighted by Gasteiger charge is -2.15. The normalized spacial score (nSPS) is 11.9. The molecule has 0 bridgehead atoms. The molecule has 3 aromatic rings. The minimum absolute atomic E-state index is 0.120. The van der Waals surface area contributed by atoms with E-state index < -0.39 is 0 Å². The van der Waals surface area contributed by atoms with E-state index in [0.717, 1.165) is 46.9 Å². The van der Waals surface area contributed by atoms with Gasteiger partial charge < -0.3 is 9.47 Å². The minimum atomic E-state index is -0.243. The summed E-state index contributed by atoms with van der Waals surface area (Å²) in [4.78, 5) is 12.0. The number of ether oxygens (including phenoxy) is 2. The molecule has 0 heterocycles. The maximum absolute atomic E-state index is 12.0. The first-order valence-electron chi connectivity index (χ1n) is 10.1. The second kappa shape index (κ2) is 9.93. The van der Waals surface area contributed by atoms with Crippen molar-refractivity contribution in [1.29, 1.82) is 0 Å². The van der Waals surface area contributed by atoms with E-state index in [1.165, 1.54) is 0 Å². The summed E-state index contributed by atoms with van der Waals surface area (Å²) >= 11 is 0. The highest BCUT2D eigenvalue weighted by molar-refractivity contribution is 5.84. The Hall–Kier alpha value is -2.81. The lowest BCUT2D eigenvalue weighted by Crippen LogP contribution is -2.08. The van der Waals surface area contributed by atoms with Crippen molar-refractivity contribution in [3.05, 3.63) is 77.9 Å². The van der Waals surface area contributed by atoms with Gasteiger partial charge in [0.2, 0.25) is 0 Å². The fourth-order valence-electron chi connectivity index (χ4n) is 3.17. The van der Waals surface area contributed by atoms with E-state index in [-0.39, 0.29) is 12.1 Å². The first-order valence-corrected chi connectivity index (χ1v) is 10.1. The molecule has 3 heteroatoms. The predicted octanol–water partition coefficient (Wildman–Crippen LogP) is 6.60. The van der Waals surface area contributed by atoms with Gasteiger partial charge in [0.15, 0.2) is 0 Å². The number of rotatable bonds is 9. The van der Waals surface area contributed by atoms with Gasteiger partial charge in [0, 0.05) is 6.42 Å². The third kappa shape index (κ3) is 5.59. The number of carbonyl (C=O) groups is 1. The van der Waals surface area contributed by atoms with Crippen LogP contribution in [0, 0.1) is 0 Å². The Morgan fingerprint density at radius 1 is 0.929 bits per heavy atom. The fraction of sp³-hybridized carbons (Fsp3) is 0.320. The molecule has 0 amide bonds. The van der Waals surface area contributed by atoms with Crippen LogP contribution in [0.15, 0.2) is 66.7 Å². The zero-order valence-corrected chi connectivity index (χ0v) is 16.7. The predicted molar refractivity (Wildman–Crippen MR) is 113 cm³/mol. The van der Waals surface area contributed by atoms with Crippen LogP contribution in [0.25, 0.3) is 10.8 Å². The third-order valence-electron chi connectivity index (χ3n) is 4.85. The molecule has 0 N–H and O–H groups in total.